The van der Waals surface area contributed by atoms with Crippen molar-refractivity contribution in [1.29, 1.82) is 0 Å². The van der Waals surface area contributed by atoms with Gasteiger partial charge in [0, 0.05) is 0 Å². The Labute approximate surface area is 50.9 Å². The minimum Gasteiger partial charge on any atom is -0.102 e. The molecule has 1 rings (SSSR count). The van der Waals surface area contributed by atoms with Gasteiger partial charge in [0.1, 0.15) is 0 Å². The molecule has 0 heterocycles. The number of allylic oxidation sites excluding steroid dienone is 3. The van der Waals surface area contributed by atoms with E-state index >= 15 is 0 Å². The van der Waals surface area contributed by atoms with E-state index in [1.807, 2.05) is 6.08 Å². The highest BCUT2D eigenvalue weighted by molar-refractivity contribution is 5.06. The molecule has 44 valence electrons. The molecule has 0 fully saturated rings. The third-order valence-corrected chi connectivity index (χ3v) is 1.80. The van der Waals surface area contributed by atoms with Crippen LogP contribution in [0.15, 0.2) is 24.8 Å². The first-order valence-corrected chi connectivity index (χ1v) is 3.14. The Balaban J connectivity index is 2.52. The van der Waals surface area contributed by atoms with E-state index in [9.17, 15) is 0 Å². The normalized spacial score (nSPS) is 35.6. The van der Waals surface area contributed by atoms with Crippen molar-refractivity contribution in [2.75, 3.05) is 0 Å². The lowest BCUT2D eigenvalue weighted by atomic mass is 9.98. The zero-order valence-electron chi connectivity index (χ0n) is 5.30. The molecule has 0 aromatic rings. The molecule has 0 N–H and O–H groups in total. The summed E-state index contributed by atoms with van der Waals surface area (Å²) >= 11 is 0. The van der Waals surface area contributed by atoms with E-state index < -0.39 is 0 Å². The molecule has 2 atom stereocenters. The van der Waals surface area contributed by atoms with Crippen LogP contribution in [-0.4, -0.2) is 0 Å². The van der Waals surface area contributed by atoms with Gasteiger partial charge in [-0.25, -0.2) is 0 Å². The Morgan fingerprint density at radius 2 is 2.50 bits per heavy atom. The molecule has 0 saturated heterocycles. The molecule has 0 spiro atoms. The SMILES string of the molecule is C=CC1C=CCC1C. The fourth-order valence-electron chi connectivity index (χ4n) is 1.11. The summed E-state index contributed by atoms with van der Waals surface area (Å²) in [4.78, 5) is 0. The van der Waals surface area contributed by atoms with Crippen LogP contribution in [0.3, 0.4) is 0 Å². The molecule has 1 aliphatic carbocycles. The van der Waals surface area contributed by atoms with Gasteiger partial charge >= 0.3 is 0 Å². The van der Waals surface area contributed by atoms with Gasteiger partial charge in [0.15, 0.2) is 0 Å². The van der Waals surface area contributed by atoms with Crippen molar-refractivity contribution in [3.05, 3.63) is 24.8 Å². The van der Waals surface area contributed by atoms with Crippen LogP contribution in [0.2, 0.25) is 0 Å². The maximum atomic E-state index is 3.74. The van der Waals surface area contributed by atoms with Gasteiger partial charge in [-0.15, -0.1) is 6.58 Å². The summed E-state index contributed by atoms with van der Waals surface area (Å²) in [6.07, 6.45) is 7.72. The molecule has 0 aromatic heterocycles. The quantitative estimate of drug-likeness (QED) is 0.452. The molecule has 0 aromatic carbocycles. The van der Waals surface area contributed by atoms with Crippen LogP contribution in [0, 0.1) is 11.8 Å². The van der Waals surface area contributed by atoms with Gasteiger partial charge in [0.2, 0.25) is 0 Å². The van der Waals surface area contributed by atoms with Crippen LogP contribution >= 0.6 is 0 Å². The lowest BCUT2D eigenvalue weighted by molar-refractivity contribution is 0.540. The first-order chi connectivity index (χ1) is 3.84. The molecule has 0 amide bonds. The lowest BCUT2D eigenvalue weighted by Gasteiger charge is -2.06. The Kier molecular flexibility index (Phi) is 1.52. The van der Waals surface area contributed by atoms with Crippen molar-refractivity contribution in [3.63, 3.8) is 0 Å². The molecule has 2 unspecified atom stereocenters. The molecule has 0 nitrogen and oxygen atoms in total. The van der Waals surface area contributed by atoms with Crippen LogP contribution in [0.1, 0.15) is 13.3 Å². The van der Waals surface area contributed by atoms with Gasteiger partial charge in [0.05, 0.1) is 0 Å². The number of hydrogen-bond donors (Lipinski definition) is 0. The van der Waals surface area contributed by atoms with Crippen LogP contribution < -0.4 is 0 Å². The van der Waals surface area contributed by atoms with Crippen molar-refractivity contribution >= 4 is 0 Å². The third kappa shape index (κ3) is 0.835. The first kappa shape index (κ1) is 5.61. The minimum atomic E-state index is 0.648. The molecular formula is C8H12. The summed E-state index contributed by atoms with van der Waals surface area (Å²) in [5, 5.41) is 0. The van der Waals surface area contributed by atoms with E-state index in [1.54, 1.807) is 0 Å². The fourth-order valence-corrected chi connectivity index (χ4v) is 1.11. The third-order valence-electron chi connectivity index (χ3n) is 1.80. The van der Waals surface area contributed by atoms with Crippen LogP contribution in [0.25, 0.3) is 0 Å². The Hall–Kier alpha value is -0.520. The average molecular weight is 108 g/mol. The molecule has 1 aliphatic rings. The highest BCUT2D eigenvalue weighted by atomic mass is 14.2. The summed E-state index contributed by atoms with van der Waals surface area (Å²) in [5.41, 5.74) is 0. The Morgan fingerprint density at radius 3 is 2.75 bits per heavy atom. The maximum absolute atomic E-state index is 3.74. The van der Waals surface area contributed by atoms with E-state index in [1.165, 1.54) is 6.42 Å². The second-order valence-corrected chi connectivity index (χ2v) is 2.45. The predicted molar refractivity (Wildman–Crippen MR) is 36.6 cm³/mol. The lowest BCUT2D eigenvalue weighted by Crippen LogP contribution is -1.98. The Morgan fingerprint density at radius 1 is 1.75 bits per heavy atom. The molecule has 0 bridgehead atoms. The average Bonchev–Trinajstić information content (AvgIpc) is 2.14. The molecular weight excluding hydrogens is 96.1 g/mol. The second-order valence-electron chi connectivity index (χ2n) is 2.45. The van der Waals surface area contributed by atoms with Gasteiger partial charge in [-0.2, -0.15) is 0 Å². The van der Waals surface area contributed by atoms with Crippen molar-refractivity contribution < 1.29 is 0 Å². The highest BCUT2D eigenvalue weighted by Crippen LogP contribution is 2.24. The minimum absolute atomic E-state index is 0.648. The van der Waals surface area contributed by atoms with E-state index in [2.05, 4.69) is 25.7 Å². The monoisotopic (exact) mass is 108 g/mol. The van der Waals surface area contributed by atoms with Gasteiger partial charge in [0.25, 0.3) is 0 Å². The number of hydrogen-bond acceptors (Lipinski definition) is 0. The van der Waals surface area contributed by atoms with Crippen molar-refractivity contribution in [1.82, 2.24) is 0 Å². The largest absolute Gasteiger partial charge is 0.102 e. The first-order valence-electron chi connectivity index (χ1n) is 3.14. The standard InChI is InChI=1S/C8H12/c1-3-8-6-4-5-7(8)2/h3-4,6-8H,1,5H2,2H3. The molecule has 0 radical (unpaired) electrons. The van der Waals surface area contributed by atoms with Gasteiger partial charge in [-0.3, -0.25) is 0 Å². The summed E-state index contributed by atoms with van der Waals surface area (Å²) in [5.74, 6) is 1.45. The zero-order valence-corrected chi connectivity index (χ0v) is 5.30. The van der Waals surface area contributed by atoms with Gasteiger partial charge in [-0.1, -0.05) is 25.2 Å². The molecule has 8 heavy (non-hydrogen) atoms. The molecule has 0 aliphatic heterocycles. The van der Waals surface area contributed by atoms with Gasteiger partial charge < -0.3 is 0 Å². The predicted octanol–water partition coefficient (Wildman–Crippen LogP) is 2.38. The van der Waals surface area contributed by atoms with Crippen molar-refractivity contribution in [2.45, 2.75) is 13.3 Å². The van der Waals surface area contributed by atoms with Gasteiger partial charge in [-0.05, 0) is 18.3 Å². The van der Waals surface area contributed by atoms with Crippen LogP contribution in [-0.2, 0) is 0 Å². The second kappa shape index (κ2) is 2.17. The summed E-state index contributed by atoms with van der Waals surface area (Å²) in [6, 6.07) is 0. The van der Waals surface area contributed by atoms with E-state index in [0.717, 1.165) is 5.92 Å². The van der Waals surface area contributed by atoms with Crippen LogP contribution in [0.4, 0.5) is 0 Å². The molecule has 0 heteroatoms. The van der Waals surface area contributed by atoms with E-state index in [-0.39, 0.29) is 0 Å². The molecule has 0 saturated carbocycles. The van der Waals surface area contributed by atoms with E-state index in [0.29, 0.717) is 5.92 Å². The topological polar surface area (TPSA) is 0 Å². The summed E-state index contributed by atoms with van der Waals surface area (Å²) < 4.78 is 0. The van der Waals surface area contributed by atoms with E-state index in [4.69, 9.17) is 0 Å². The number of rotatable bonds is 1. The zero-order chi connectivity index (χ0) is 5.98. The van der Waals surface area contributed by atoms with Crippen LogP contribution in [0.5, 0.6) is 0 Å². The highest BCUT2D eigenvalue weighted by Gasteiger charge is 2.13. The summed E-state index contributed by atoms with van der Waals surface area (Å²) in [7, 11) is 0. The Bertz CT molecular complexity index is 111. The van der Waals surface area contributed by atoms with Crippen molar-refractivity contribution in [3.8, 4) is 0 Å². The summed E-state index contributed by atoms with van der Waals surface area (Å²) in [6.45, 7) is 6.00. The fraction of sp³-hybridized carbons (Fsp3) is 0.500. The maximum Gasteiger partial charge on any atom is -0.00276 e. The van der Waals surface area contributed by atoms with Crippen molar-refractivity contribution in [2.24, 2.45) is 11.8 Å². The smallest absolute Gasteiger partial charge is 0.00276 e.